The van der Waals surface area contributed by atoms with Gasteiger partial charge in [-0.1, -0.05) is 13.0 Å². The number of aromatic amines is 2. The highest BCUT2D eigenvalue weighted by Gasteiger charge is 2.10. The molecule has 0 bridgehead atoms. The quantitative estimate of drug-likeness (QED) is 0.684. The zero-order valence-electron chi connectivity index (χ0n) is 11.5. The Balaban J connectivity index is 1.70. The lowest BCUT2D eigenvalue weighted by Gasteiger charge is -2.03. The van der Waals surface area contributed by atoms with Gasteiger partial charge >= 0.3 is 5.69 Å². The van der Waals surface area contributed by atoms with Crippen molar-refractivity contribution in [3.8, 4) is 0 Å². The number of hydrogen-bond donors (Lipinski definition) is 3. The summed E-state index contributed by atoms with van der Waals surface area (Å²) in [4.78, 5) is 28.5. The molecule has 0 aliphatic rings. The molecule has 6 nitrogen and oxygen atoms in total. The highest BCUT2D eigenvalue weighted by atomic mass is 16.3. The maximum Gasteiger partial charge on any atom is 0.323 e. The third kappa shape index (κ3) is 2.74. The van der Waals surface area contributed by atoms with Gasteiger partial charge in [-0.15, -0.1) is 0 Å². The van der Waals surface area contributed by atoms with Gasteiger partial charge in [0.05, 0.1) is 11.0 Å². The molecular formula is C15H15N3O3. The van der Waals surface area contributed by atoms with Gasteiger partial charge in [0.2, 0.25) is 0 Å². The van der Waals surface area contributed by atoms with Gasteiger partial charge in [0.25, 0.3) is 5.91 Å². The number of furan rings is 1. The van der Waals surface area contributed by atoms with Crippen LogP contribution in [0.2, 0.25) is 0 Å². The number of hydrogen-bond acceptors (Lipinski definition) is 3. The first-order chi connectivity index (χ1) is 10.2. The second-order valence-corrected chi connectivity index (χ2v) is 4.76. The van der Waals surface area contributed by atoms with Crippen molar-refractivity contribution >= 4 is 16.9 Å². The van der Waals surface area contributed by atoms with Crippen molar-refractivity contribution in [2.24, 2.45) is 0 Å². The lowest BCUT2D eigenvalue weighted by atomic mass is 10.2. The molecule has 0 unspecified atom stereocenters. The Morgan fingerprint density at radius 3 is 2.76 bits per heavy atom. The molecule has 6 heteroatoms. The fraction of sp³-hybridized carbons (Fsp3) is 0.200. The van der Waals surface area contributed by atoms with Crippen molar-refractivity contribution in [1.82, 2.24) is 15.3 Å². The zero-order chi connectivity index (χ0) is 14.8. The summed E-state index contributed by atoms with van der Waals surface area (Å²) in [6.45, 7) is 2.33. The number of carbonyl (C=O) groups excluding carboxylic acids is 1. The molecule has 0 fully saturated rings. The lowest BCUT2D eigenvalue weighted by molar-refractivity contribution is 0.0921. The third-order valence-electron chi connectivity index (χ3n) is 3.27. The zero-order valence-corrected chi connectivity index (χ0v) is 11.5. The summed E-state index contributed by atoms with van der Waals surface area (Å²) in [6, 6.07) is 8.95. The molecule has 0 aliphatic heterocycles. The van der Waals surface area contributed by atoms with Gasteiger partial charge in [-0.3, -0.25) is 4.79 Å². The normalized spacial score (nSPS) is 10.9. The molecule has 3 rings (SSSR count). The number of aromatic nitrogens is 2. The van der Waals surface area contributed by atoms with Crippen LogP contribution in [0.15, 0.2) is 39.5 Å². The summed E-state index contributed by atoms with van der Waals surface area (Å²) in [7, 11) is 0. The van der Waals surface area contributed by atoms with E-state index in [1.807, 2.05) is 19.1 Å². The largest absolute Gasteiger partial charge is 0.456 e. The van der Waals surface area contributed by atoms with E-state index in [0.29, 0.717) is 12.3 Å². The van der Waals surface area contributed by atoms with E-state index in [1.54, 1.807) is 18.2 Å². The van der Waals surface area contributed by atoms with Gasteiger partial charge in [0.15, 0.2) is 5.76 Å². The van der Waals surface area contributed by atoms with E-state index in [1.165, 1.54) is 0 Å². The molecule has 21 heavy (non-hydrogen) atoms. The average Bonchev–Trinajstić information content (AvgIpc) is 3.09. The Kier molecular flexibility index (Phi) is 3.35. The highest BCUT2D eigenvalue weighted by Crippen LogP contribution is 2.11. The van der Waals surface area contributed by atoms with Crippen LogP contribution >= 0.6 is 0 Å². The highest BCUT2D eigenvalue weighted by molar-refractivity contribution is 5.91. The summed E-state index contributed by atoms with van der Waals surface area (Å²) in [5, 5.41) is 2.79. The molecule has 0 radical (unpaired) electrons. The summed E-state index contributed by atoms with van der Waals surface area (Å²) in [5.74, 6) is 0.840. The molecule has 0 saturated carbocycles. The van der Waals surface area contributed by atoms with Crippen LogP contribution < -0.4 is 11.0 Å². The monoisotopic (exact) mass is 285 g/mol. The summed E-state index contributed by atoms with van der Waals surface area (Å²) in [5.41, 5.74) is 2.12. The van der Waals surface area contributed by atoms with E-state index in [-0.39, 0.29) is 11.6 Å². The maximum absolute atomic E-state index is 11.9. The number of H-pyrrole nitrogens is 2. The topological polar surface area (TPSA) is 90.9 Å². The fourth-order valence-corrected chi connectivity index (χ4v) is 2.15. The first-order valence-corrected chi connectivity index (χ1v) is 6.73. The van der Waals surface area contributed by atoms with E-state index < -0.39 is 0 Å². The number of imidazole rings is 1. The van der Waals surface area contributed by atoms with E-state index in [4.69, 9.17) is 4.42 Å². The Hall–Kier alpha value is -2.76. The number of carbonyl (C=O) groups is 1. The number of nitrogens with one attached hydrogen (secondary N) is 3. The number of rotatable bonds is 4. The Morgan fingerprint density at radius 2 is 2.00 bits per heavy atom. The number of fused-ring (bicyclic) bond motifs is 1. The molecule has 0 aliphatic carbocycles. The number of benzene rings is 1. The van der Waals surface area contributed by atoms with E-state index in [0.717, 1.165) is 28.8 Å². The van der Waals surface area contributed by atoms with Crippen LogP contribution in [0.4, 0.5) is 0 Å². The smallest absolute Gasteiger partial charge is 0.323 e. The van der Waals surface area contributed by atoms with Gasteiger partial charge in [-0.05, 0) is 29.8 Å². The van der Waals surface area contributed by atoms with Crippen molar-refractivity contribution in [2.45, 2.75) is 19.9 Å². The number of amides is 1. The summed E-state index contributed by atoms with van der Waals surface area (Å²) >= 11 is 0. The van der Waals surface area contributed by atoms with Gasteiger partial charge in [-0.2, -0.15) is 0 Å². The van der Waals surface area contributed by atoms with Crippen molar-refractivity contribution < 1.29 is 9.21 Å². The lowest BCUT2D eigenvalue weighted by Crippen LogP contribution is -2.22. The van der Waals surface area contributed by atoms with E-state index in [9.17, 15) is 9.59 Å². The second kappa shape index (κ2) is 5.32. The van der Waals surface area contributed by atoms with Crippen molar-refractivity contribution in [3.05, 3.63) is 57.9 Å². The minimum absolute atomic E-state index is 0.242. The van der Waals surface area contributed by atoms with Gasteiger partial charge in [-0.25, -0.2) is 4.79 Å². The molecule has 0 spiro atoms. The standard InChI is InChI=1S/C15H15N3O3/c1-2-10-4-6-13(21-10)14(19)16-8-9-3-5-11-12(7-9)18-15(20)17-11/h3-7H,2,8H2,1H3,(H,16,19)(H2,17,18,20). The van der Waals surface area contributed by atoms with Crippen LogP contribution in [0.1, 0.15) is 28.8 Å². The predicted octanol–water partition coefficient (Wildman–Crippen LogP) is 1.94. The minimum Gasteiger partial charge on any atom is -0.456 e. The molecule has 1 amide bonds. The average molecular weight is 285 g/mol. The van der Waals surface area contributed by atoms with E-state index in [2.05, 4.69) is 15.3 Å². The van der Waals surface area contributed by atoms with Crippen molar-refractivity contribution in [2.75, 3.05) is 0 Å². The van der Waals surface area contributed by atoms with Gasteiger partial charge in [0.1, 0.15) is 5.76 Å². The second-order valence-electron chi connectivity index (χ2n) is 4.76. The van der Waals surface area contributed by atoms with Crippen LogP contribution in [0.25, 0.3) is 11.0 Å². The van der Waals surface area contributed by atoms with Crippen LogP contribution in [0, 0.1) is 0 Å². The number of aryl methyl sites for hydroxylation is 1. The predicted molar refractivity (Wildman–Crippen MR) is 78.2 cm³/mol. The third-order valence-corrected chi connectivity index (χ3v) is 3.27. The SMILES string of the molecule is CCc1ccc(C(=O)NCc2ccc3[nH]c(=O)[nH]c3c2)o1. The van der Waals surface area contributed by atoms with Crippen LogP contribution in [0.3, 0.4) is 0 Å². The summed E-state index contributed by atoms with van der Waals surface area (Å²) in [6.07, 6.45) is 0.755. The Bertz CT molecular complexity index is 841. The van der Waals surface area contributed by atoms with Crippen LogP contribution in [0.5, 0.6) is 0 Å². The van der Waals surface area contributed by atoms with Crippen molar-refractivity contribution in [3.63, 3.8) is 0 Å². The maximum atomic E-state index is 11.9. The van der Waals surface area contributed by atoms with Gasteiger partial charge < -0.3 is 19.7 Å². The molecule has 2 heterocycles. The molecule has 108 valence electrons. The molecule has 3 aromatic rings. The molecular weight excluding hydrogens is 270 g/mol. The van der Waals surface area contributed by atoms with Crippen LogP contribution in [-0.2, 0) is 13.0 Å². The van der Waals surface area contributed by atoms with E-state index >= 15 is 0 Å². The molecule has 3 N–H and O–H groups in total. The first kappa shape index (κ1) is 13.2. The minimum atomic E-state index is -0.252. The molecule has 0 saturated heterocycles. The van der Waals surface area contributed by atoms with Crippen molar-refractivity contribution in [1.29, 1.82) is 0 Å². The molecule has 0 atom stereocenters. The Labute approximate surface area is 120 Å². The molecule has 1 aromatic carbocycles. The van der Waals surface area contributed by atoms with Gasteiger partial charge in [0, 0.05) is 13.0 Å². The first-order valence-electron chi connectivity index (χ1n) is 6.73. The molecule has 2 aromatic heterocycles. The Morgan fingerprint density at radius 1 is 1.19 bits per heavy atom. The van der Waals surface area contributed by atoms with Crippen LogP contribution in [-0.4, -0.2) is 15.9 Å². The fourth-order valence-electron chi connectivity index (χ4n) is 2.15. The summed E-state index contributed by atoms with van der Waals surface area (Å²) < 4.78 is 5.39.